The molecule has 1 nitrogen and oxygen atoms in total. The Kier molecular flexibility index (Phi) is 3.26. The summed E-state index contributed by atoms with van der Waals surface area (Å²) in [6, 6.07) is 9.61. The van der Waals surface area contributed by atoms with E-state index in [1.54, 1.807) is 0 Å². The van der Waals surface area contributed by atoms with Gasteiger partial charge >= 0.3 is 0 Å². The van der Waals surface area contributed by atoms with Gasteiger partial charge in [-0.2, -0.15) is 0 Å². The minimum Gasteiger partial charge on any atom is -0.384 e. The fourth-order valence-corrected chi connectivity index (χ4v) is 1.17. The first-order valence-electron chi connectivity index (χ1n) is 4.54. The third kappa shape index (κ3) is 2.43. The lowest BCUT2D eigenvalue weighted by Crippen LogP contribution is -2.05. The zero-order chi connectivity index (χ0) is 9.84. The van der Waals surface area contributed by atoms with Crippen LogP contribution < -0.4 is 0 Å². The summed E-state index contributed by atoms with van der Waals surface area (Å²) in [5, 5.41) is 9.86. The van der Waals surface area contributed by atoms with Crippen LogP contribution in [0.15, 0.2) is 42.5 Å². The Hall–Kier alpha value is -1.08. The van der Waals surface area contributed by atoms with E-state index in [4.69, 9.17) is 0 Å². The molecule has 1 heteroatoms. The van der Waals surface area contributed by atoms with Crippen molar-refractivity contribution in [3.05, 3.63) is 48.0 Å². The lowest BCUT2D eigenvalue weighted by Gasteiger charge is -2.16. The van der Waals surface area contributed by atoms with Crippen LogP contribution in [0.1, 0.15) is 25.5 Å². The van der Waals surface area contributed by atoms with Crippen molar-refractivity contribution < 1.29 is 5.11 Å². The molecule has 0 aromatic heterocycles. The SMILES string of the molecule is C=C(C(C)C)C(O)c1ccccc1. The second-order valence-electron chi connectivity index (χ2n) is 3.54. The highest BCUT2D eigenvalue weighted by molar-refractivity contribution is 5.25. The molecule has 1 N–H and O–H groups in total. The molecule has 0 bridgehead atoms. The molecule has 1 aromatic carbocycles. The van der Waals surface area contributed by atoms with E-state index in [9.17, 15) is 5.11 Å². The van der Waals surface area contributed by atoms with Gasteiger partial charge in [-0.25, -0.2) is 0 Å². The van der Waals surface area contributed by atoms with Gasteiger partial charge in [0.1, 0.15) is 6.10 Å². The lowest BCUT2D eigenvalue weighted by atomic mass is 9.94. The molecule has 0 aliphatic heterocycles. The minimum atomic E-state index is -0.527. The summed E-state index contributed by atoms with van der Waals surface area (Å²) in [4.78, 5) is 0. The van der Waals surface area contributed by atoms with E-state index in [0.29, 0.717) is 5.92 Å². The van der Waals surface area contributed by atoms with Gasteiger partial charge in [0.25, 0.3) is 0 Å². The summed E-state index contributed by atoms with van der Waals surface area (Å²) in [5.41, 5.74) is 1.78. The first kappa shape index (κ1) is 10.0. The van der Waals surface area contributed by atoms with Crippen molar-refractivity contribution in [2.24, 2.45) is 5.92 Å². The number of rotatable bonds is 3. The number of hydrogen-bond donors (Lipinski definition) is 1. The van der Waals surface area contributed by atoms with Gasteiger partial charge in [-0.1, -0.05) is 50.8 Å². The predicted molar refractivity (Wildman–Crippen MR) is 55.4 cm³/mol. The van der Waals surface area contributed by atoms with Crippen LogP contribution in [-0.4, -0.2) is 5.11 Å². The van der Waals surface area contributed by atoms with Crippen molar-refractivity contribution in [1.29, 1.82) is 0 Å². The summed E-state index contributed by atoms with van der Waals surface area (Å²) < 4.78 is 0. The van der Waals surface area contributed by atoms with E-state index in [1.165, 1.54) is 0 Å². The molecule has 70 valence electrons. The van der Waals surface area contributed by atoms with Gasteiger partial charge in [0.15, 0.2) is 0 Å². The zero-order valence-electron chi connectivity index (χ0n) is 8.20. The van der Waals surface area contributed by atoms with Gasteiger partial charge in [-0.3, -0.25) is 0 Å². The first-order chi connectivity index (χ1) is 6.13. The van der Waals surface area contributed by atoms with E-state index < -0.39 is 6.10 Å². The van der Waals surface area contributed by atoms with Crippen molar-refractivity contribution in [2.45, 2.75) is 20.0 Å². The molecule has 13 heavy (non-hydrogen) atoms. The van der Waals surface area contributed by atoms with Crippen LogP contribution in [0.2, 0.25) is 0 Å². The molecule has 1 atom stereocenters. The van der Waals surface area contributed by atoms with E-state index in [0.717, 1.165) is 11.1 Å². The number of aliphatic hydroxyl groups excluding tert-OH is 1. The van der Waals surface area contributed by atoms with Gasteiger partial charge in [0.05, 0.1) is 0 Å². The predicted octanol–water partition coefficient (Wildman–Crippen LogP) is 2.93. The Morgan fingerprint density at radius 1 is 1.23 bits per heavy atom. The molecule has 0 amide bonds. The van der Waals surface area contributed by atoms with Crippen molar-refractivity contribution in [3.8, 4) is 0 Å². The molecular formula is C12H16O. The second kappa shape index (κ2) is 4.24. The molecule has 1 unspecified atom stereocenters. The number of hydrogen-bond acceptors (Lipinski definition) is 1. The van der Waals surface area contributed by atoms with Gasteiger partial charge < -0.3 is 5.11 Å². The highest BCUT2D eigenvalue weighted by Crippen LogP contribution is 2.24. The van der Waals surface area contributed by atoms with Gasteiger partial charge in [-0.05, 0) is 17.1 Å². The van der Waals surface area contributed by atoms with E-state index >= 15 is 0 Å². The van der Waals surface area contributed by atoms with Crippen LogP contribution in [0.3, 0.4) is 0 Å². The summed E-state index contributed by atoms with van der Waals surface area (Å²) in [5.74, 6) is 0.315. The molecule has 0 saturated carbocycles. The molecule has 0 heterocycles. The Balaban J connectivity index is 2.80. The fraction of sp³-hybridized carbons (Fsp3) is 0.333. The van der Waals surface area contributed by atoms with Crippen LogP contribution in [0.5, 0.6) is 0 Å². The Morgan fingerprint density at radius 3 is 2.23 bits per heavy atom. The van der Waals surface area contributed by atoms with Crippen LogP contribution >= 0.6 is 0 Å². The standard InChI is InChI=1S/C12H16O/c1-9(2)10(3)12(13)11-7-5-4-6-8-11/h4-9,12-13H,3H2,1-2H3. The van der Waals surface area contributed by atoms with Crippen LogP contribution in [0.4, 0.5) is 0 Å². The van der Waals surface area contributed by atoms with Gasteiger partial charge in [0.2, 0.25) is 0 Å². The summed E-state index contributed by atoms with van der Waals surface area (Å²) in [7, 11) is 0. The molecule has 0 radical (unpaired) electrons. The highest BCUT2D eigenvalue weighted by Gasteiger charge is 2.13. The average molecular weight is 176 g/mol. The summed E-state index contributed by atoms with van der Waals surface area (Å²) in [6.07, 6.45) is -0.527. The van der Waals surface area contributed by atoms with Crippen molar-refractivity contribution in [2.75, 3.05) is 0 Å². The van der Waals surface area contributed by atoms with Crippen LogP contribution in [-0.2, 0) is 0 Å². The minimum absolute atomic E-state index is 0.315. The third-order valence-corrected chi connectivity index (χ3v) is 2.21. The molecule has 0 spiro atoms. The third-order valence-electron chi connectivity index (χ3n) is 2.21. The normalized spacial score (nSPS) is 12.9. The monoisotopic (exact) mass is 176 g/mol. The quantitative estimate of drug-likeness (QED) is 0.702. The van der Waals surface area contributed by atoms with Crippen molar-refractivity contribution in [3.63, 3.8) is 0 Å². The molecule has 0 fully saturated rings. The highest BCUT2D eigenvalue weighted by atomic mass is 16.3. The smallest absolute Gasteiger partial charge is 0.100 e. The van der Waals surface area contributed by atoms with Gasteiger partial charge in [0, 0.05) is 0 Å². The zero-order valence-corrected chi connectivity index (χ0v) is 8.20. The fourth-order valence-electron chi connectivity index (χ4n) is 1.17. The second-order valence-corrected chi connectivity index (χ2v) is 3.54. The van der Waals surface area contributed by atoms with E-state index in [-0.39, 0.29) is 0 Å². The van der Waals surface area contributed by atoms with E-state index in [1.807, 2.05) is 44.2 Å². The molecule has 1 aromatic rings. The number of aliphatic hydroxyl groups is 1. The maximum absolute atomic E-state index is 9.86. The molecule has 0 saturated heterocycles. The van der Waals surface area contributed by atoms with Crippen LogP contribution in [0, 0.1) is 5.92 Å². The topological polar surface area (TPSA) is 20.2 Å². The maximum atomic E-state index is 9.86. The van der Waals surface area contributed by atoms with Crippen LogP contribution in [0.25, 0.3) is 0 Å². The number of benzene rings is 1. The molecule has 0 aliphatic rings. The maximum Gasteiger partial charge on any atom is 0.100 e. The average Bonchev–Trinajstić information content (AvgIpc) is 2.17. The van der Waals surface area contributed by atoms with Crippen molar-refractivity contribution in [1.82, 2.24) is 0 Å². The van der Waals surface area contributed by atoms with Crippen molar-refractivity contribution >= 4 is 0 Å². The summed E-state index contributed by atoms with van der Waals surface area (Å²) in [6.45, 7) is 7.95. The first-order valence-corrected chi connectivity index (χ1v) is 4.54. The largest absolute Gasteiger partial charge is 0.384 e. The molecular weight excluding hydrogens is 160 g/mol. The summed E-state index contributed by atoms with van der Waals surface area (Å²) >= 11 is 0. The lowest BCUT2D eigenvalue weighted by molar-refractivity contribution is 0.205. The Bertz CT molecular complexity index is 274. The van der Waals surface area contributed by atoms with Gasteiger partial charge in [-0.15, -0.1) is 0 Å². The molecule has 0 aliphatic carbocycles. The Morgan fingerprint density at radius 2 is 1.77 bits per heavy atom. The van der Waals surface area contributed by atoms with E-state index in [2.05, 4.69) is 6.58 Å². The Labute approximate surface area is 79.7 Å². The molecule has 1 rings (SSSR count).